The van der Waals surface area contributed by atoms with Crippen LogP contribution in [0.4, 0.5) is 0 Å². The van der Waals surface area contributed by atoms with E-state index in [9.17, 15) is 4.79 Å². The van der Waals surface area contributed by atoms with Gasteiger partial charge in [0, 0.05) is 4.88 Å². The van der Waals surface area contributed by atoms with E-state index >= 15 is 0 Å². The minimum absolute atomic E-state index is 0.118. The number of benzene rings is 1. The fraction of sp³-hybridized carbons (Fsp3) is 0.235. The summed E-state index contributed by atoms with van der Waals surface area (Å²) in [5.74, 6) is 0. The summed E-state index contributed by atoms with van der Waals surface area (Å²) in [5, 5.41) is 4.96. The minimum atomic E-state index is -0.118. The number of thiophene rings is 1. The van der Waals surface area contributed by atoms with E-state index in [1.807, 2.05) is 32.9 Å². The molecule has 3 aromatic rings. The summed E-state index contributed by atoms with van der Waals surface area (Å²) >= 11 is 1.54. The van der Waals surface area contributed by atoms with Crippen LogP contribution in [0, 0.1) is 27.7 Å². The second kappa shape index (κ2) is 5.50. The third kappa shape index (κ3) is 2.48. The van der Waals surface area contributed by atoms with Gasteiger partial charge in [-0.3, -0.25) is 4.79 Å². The predicted octanol–water partition coefficient (Wildman–Crippen LogP) is 3.57. The largest absolute Gasteiger partial charge is 0.282 e. The molecule has 0 aliphatic carbocycles. The van der Waals surface area contributed by atoms with Crippen molar-refractivity contribution < 1.29 is 0 Å². The molecule has 0 spiro atoms. The van der Waals surface area contributed by atoms with Gasteiger partial charge in [-0.1, -0.05) is 23.8 Å². The van der Waals surface area contributed by atoms with E-state index in [1.165, 1.54) is 16.6 Å². The molecule has 22 heavy (non-hydrogen) atoms. The molecular formula is C17H17N3OS. The first kappa shape index (κ1) is 14.7. The monoisotopic (exact) mass is 311 g/mol. The highest BCUT2D eigenvalue weighted by Gasteiger charge is 2.11. The highest BCUT2D eigenvalue weighted by atomic mass is 32.1. The van der Waals surface area contributed by atoms with Gasteiger partial charge in [-0.2, -0.15) is 9.78 Å². The van der Waals surface area contributed by atoms with Crippen LogP contribution in [0.1, 0.15) is 27.1 Å². The van der Waals surface area contributed by atoms with Gasteiger partial charge in [0.15, 0.2) is 0 Å². The zero-order valence-electron chi connectivity index (χ0n) is 13.0. The molecule has 0 N–H and O–H groups in total. The number of aromatic nitrogens is 2. The highest BCUT2D eigenvalue weighted by Crippen LogP contribution is 2.25. The van der Waals surface area contributed by atoms with Gasteiger partial charge in [-0.25, -0.2) is 4.98 Å². The van der Waals surface area contributed by atoms with E-state index in [0.29, 0.717) is 5.39 Å². The molecule has 0 fully saturated rings. The molecule has 0 saturated carbocycles. The number of nitrogens with zero attached hydrogens (tertiary/aromatic N) is 3. The van der Waals surface area contributed by atoms with Crippen molar-refractivity contribution in [3.63, 3.8) is 0 Å². The Morgan fingerprint density at radius 2 is 2.00 bits per heavy atom. The molecule has 4 nitrogen and oxygen atoms in total. The molecule has 1 aromatic carbocycles. The van der Waals surface area contributed by atoms with Crippen molar-refractivity contribution in [1.82, 2.24) is 9.66 Å². The summed E-state index contributed by atoms with van der Waals surface area (Å²) in [4.78, 5) is 18.8. The molecule has 0 aliphatic heterocycles. The molecule has 0 aliphatic rings. The van der Waals surface area contributed by atoms with Gasteiger partial charge < -0.3 is 0 Å². The Labute approximate surface area is 132 Å². The molecule has 5 heteroatoms. The number of hydrogen-bond donors (Lipinski definition) is 0. The first-order chi connectivity index (χ1) is 10.5. The molecule has 0 bridgehead atoms. The summed E-state index contributed by atoms with van der Waals surface area (Å²) in [6.45, 7) is 8.04. The molecule has 0 saturated heterocycles. The van der Waals surface area contributed by atoms with E-state index in [-0.39, 0.29) is 5.56 Å². The normalized spacial score (nSPS) is 11.6. The predicted molar refractivity (Wildman–Crippen MR) is 92.3 cm³/mol. The van der Waals surface area contributed by atoms with E-state index in [2.05, 4.69) is 23.1 Å². The van der Waals surface area contributed by atoms with Crippen LogP contribution in [0.2, 0.25) is 0 Å². The number of rotatable bonds is 2. The van der Waals surface area contributed by atoms with Gasteiger partial charge in [-0.05, 0) is 44.4 Å². The van der Waals surface area contributed by atoms with Crippen LogP contribution in [0.15, 0.2) is 34.4 Å². The Kier molecular flexibility index (Phi) is 3.66. The van der Waals surface area contributed by atoms with Crippen molar-refractivity contribution in [3.05, 3.63) is 62.0 Å². The minimum Gasteiger partial charge on any atom is -0.267 e. The second-order valence-corrected chi connectivity index (χ2v) is 6.67. The third-order valence-electron chi connectivity index (χ3n) is 3.82. The number of hydrogen-bond acceptors (Lipinski definition) is 4. The van der Waals surface area contributed by atoms with Crippen molar-refractivity contribution in [1.29, 1.82) is 0 Å². The van der Waals surface area contributed by atoms with Crippen molar-refractivity contribution >= 4 is 27.8 Å². The topological polar surface area (TPSA) is 47.2 Å². The van der Waals surface area contributed by atoms with Crippen LogP contribution in [-0.4, -0.2) is 15.9 Å². The smallest absolute Gasteiger partial charge is 0.267 e. The van der Waals surface area contributed by atoms with Crippen LogP contribution in [0.25, 0.3) is 10.2 Å². The van der Waals surface area contributed by atoms with Gasteiger partial charge in [0.25, 0.3) is 5.56 Å². The van der Waals surface area contributed by atoms with Crippen LogP contribution >= 0.6 is 11.3 Å². The maximum absolute atomic E-state index is 12.5. The molecule has 0 amide bonds. The average molecular weight is 311 g/mol. The summed E-state index contributed by atoms with van der Waals surface area (Å²) in [7, 11) is 0. The average Bonchev–Trinajstić information content (AvgIpc) is 2.76. The second-order valence-electron chi connectivity index (χ2n) is 5.46. The Bertz CT molecular complexity index is 950. The van der Waals surface area contributed by atoms with Crippen LogP contribution in [-0.2, 0) is 0 Å². The molecule has 0 radical (unpaired) electrons. The van der Waals surface area contributed by atoms with E-state index in [1.54, 1.807) is 17.6 Å². The summed E-state index contributed by atoms with van der Waals surface area (Å²) < 4.78 is 1.31. The summed E-state index contributed by atoms with van der Waals surface area (Å²) in [6.07, 6.45) is 3.19. The van der Waals surface area contributed by atoms with Gasteiger partial charge in [-0.15, -0.1) is 11.3 Å². The quantitative estimate of drug-likeness (QED) is 0.679. The molecule has 0 atom stereocenters. The van der Waals surface area contributed by atoms with E-state index in [4.69, 9.17) is 0 Å². The lowest BCUT2D eigenvalue weighted by Gasteiger charge is -2.02. The standard InChI is InChI=1S/C17H17N3OS/c1-10-5-6-14(11(2)7-10)8-19-20-9-18-16-15(17(20)21)12(3)13(4)22-16/h5-9H,1-4H3/b19-8+. The molecule has 3 rings (SSSR count). The van der Waals surface area contributed by atoms with Crippen LogP contribution in [0.5, 0.6) is 0 Å². The van der Waals surface area contributed by atoms with Crippen molar-refractivity contribution in [2.24, 2.45) is 5.10 Å². The maximum Gasteiger partial charge on any atom is 0.282 e. The SMILES string of the molecule is Cc1ccc(/C=N/n2cnc3sc(C)c(C)c3c2=O)c(C)c1. The van der Waals surface area contributed by atoms with Crippen molar-refractivity contribution in [2.45, 2.75) is 27.7 Å². The lowest BCUT2D eigenvalue weighted by molar-refractivity contribution is 0.818. The molecule has 0 unspecified atom stereocenters. The molecule has 2 heterocycles. The number of fused-ring (bicyclic) bond motifs is 1. The lowest BCUT2D eigenvalue weighted by Crippen LogP contribution is -2.17. The Hall–Kier alpha value is -2.27. The summed E-state index contributed by atoms with van der Waals surface area (Å²) in [5.41, 5.74) is 4.21. The highest BCUT2D eigenvalue weighted by molar-refractivity contribution is 7.18. The third-order valence-corrected chi connectivity index (χ3v) is 4.93. The van der Waals surface area contributed by atoms with Crippen molar-refractivity contribution in [2.75, 3.05) is 0 Å². The summed E-state index contributed by atoms with van der Waals surface area (Å²) in [6, 6.07) is 6.13. The Morgan fingerprint density at radius 3 is 2.73 bits per heavy atom. The van der Waals surface area contributed by atoms with Crippen LogP contribution in [0.3, 0.4) is 0 Å². The van der Waals surface area contributed by atoms with Gasteiger partial charge >= 0.3 is 0 Å². The Balaban J connectivity index is 2.07. The molecule has 112 valence electrons. The van der Waals surface area contributed by atoms with Gasteiger partial charge in [0.1, 0.15) is 11.2 Å². The Morgan fingerprint density at radius 1 is 1.23 bits per heavy atom. The van der Waals surface area contributed by atoms with E-state index < -0.39 is 0 Å². The van der Waals surface area contributed by atoms with E-state index in [0.717, 1.165) is 26.4 Å². The lowest BCUT2D eigenvalue weighted by atomic mass is 10.1. The zero-order chi connectivity index (χ0) is 15.9. The molecular weight excluding hydrogens is 294 g/mol. The molecule has 2 aromatic heterocycles. The fourth-order valence-corrected chi connectivity index (χ4v) is 3.39. The number of aryl methyl sites for hydroxylation is 4. The van der Waals surface area contributed by atoms with Gasteiger partial charge in [0.2, 0.25) is 0 Å². The first-order valence-corrected chi connectivity index (χ1v) is 7.88. The fourth-order valence-electron chi connectivity index (χ4n) is 2.40. The van der Waals surface area contributed by atoms with Gasteiger partial charge in [0.05, 0.1) is 11.6 Å². The maximum atomic E-state index is 12.5. The first-order valence-electron chi connectivity index (χ1n) is 7.06. The van der Waals surface area contributed by atoms with Crippen molar-refractivity contribution in [3.8, 4) is 0 Å². The van der Waals surface area contributed by atoms with Crippen LogP contribution < -0.4 is 5.56 Å². The zero-order valence-corrected chi connectivity index (χ0v) is 13.9.